The van der Waals surface area contributed by atoms with Crippen LogP contribution in [0.25, 0.3) is 0 Å². The molecule has 0 aromatic rings. The highest BCUT2D eigenvalue weighted by atomic mass is 32.2. The van der Waals surface area contributed by atoms with Crippen molar-refractivity contribution in [1.82, 2.24) is 4.90 Å². The van der Waals surface area contributed by atoms with Gasteiger partial charge in [-0.1, -0.05) is 6.42 Å². The Bertz CT molecular complexity index is 192. The molecule has 1 aliphatic heterocycles. The van der Waals surface area contributed by atoms with Crippen LogP contribution in [0.5, 0.6) is 0 Å². The first-order chi connectivity index (χ1) is 7.33. The van der Waals surface area contributed by atoms with Crippen molar-refractivity contribution in [2.24, 2.45) is 11.7 Å². The smallest absolute Gasteiger partial charge is 0.0186 e. The molecule has 0 radical (unpaired) electrons. The summed E-state index contributed by atoms with van der Waals surface area (Å²) >= 11 is 2.13. The molecule has 3 unspecified atom stereocenters. The standard InChI is InChI=1S/C12H24N2S/c1-14(11-5-3-7-15-9-11)12-6-2-4-10(12)8-13/h10-12H,2-9,13H2,1H3. The fourth-order valence-electron chi connectivity index (χ4n) is 3.14. The molecule has 15 heavy (non-hydrogen) atoms. The quantitative estimate of drug-likeness (QED) is 0.800. The van der Waals surface area contributed by atoms with Crippen molar-refractivity contribution in [2.45, 2.75) is 44.2 Å². The number of thioether (sulfide) groups is 1. The maximum absolute atomic E-state index is 5.86. The summed E-state index contributed by atoms with van der Waals surface area (Å²) in [5.74, 6) is 3.47. The van der Waals surface area contributed by atoms with Crippen LogP contribution in [-0.2, 0) is 0 Å². The summed E-state index contributed by atoms with van der Waals surface area (Å²) in [5.41, 5.74) is 5.86. The number of nitrogens with zero attached hydrogens (tertiary/aromatic N) is 1. The van der Waals surface area contributed by atoms with Crippen LogP contribution in [0.1, 0.15) is 32.1 Å². The number of hydrogen-bond donors (Lipinski definition) is 1. The van der Waals surface area contributed by atoms with E-state index in [1.807, 2.05) is 0 Å². The van der Waals surface area contributed by atoms with Gasteiger partial charge in [0.2, 0.25) is 0 Å². The Labute approximate surface area is 98.0 Å². The summed E-state index contributed by atoms with van der Waals surface area (Å²) in [4.78, 5) is 2.65. The van der Waals surface area contributed by atoms with Crippen molar-refractivity contribution < 1.29 is 0 Å². The van der Waals surface area contributed by atoms with E-state index < -0.39 is 0 Å². The van der Waals surface area contributed by atoms with Gasteiger partial charge >= 0.3 is 0 Å². The van der Waals surface area contributed by atoms with Crippen LogP contribution in [0.15, 0.2) is 0 Å². The molecule has 2 fully saturated rings. The lowest BCUT2D eigenvalue weighted by Crippen LogP contribution is -2.46. The molecule has 2 N–H and O–H groups in total. The summed E-state index contributed by atoms with van der Waals surface area (Å²) in [6.45, 7) is 0.884. The van der Waals surface area contributed by atoms with Crippen molar-refractivity contribution in [1.29, 1.82) is 0 Å². The molecule has 3 atom stereocenters. The largest absolute Gasteiger partial charge is 0.330 e. The highest BCUT2D eigenvalue weighted by Crippen LogP contribution is 2.32. The summed E-state index contributed by atoms with van der Waals surface area (Å²) in [5, 5.41) is 0. The average Bonchev–Trinajstić information content (AvgIpc) is 2.77. The molecule has 2 rings (SSSR count). The molecule has 1 aliphatic carbocycles. The summed E-state index contributed by atoms with van der Waals surface area (Å²) in [6, 6.07) is 1.60. The third-order valence-electron chi connectivity index (χ3n) is 4.16. The third-order valence-corrected chi connectivity index (χ3v) is 5.35. The molecule has 1 saturated heterocycles. The van der Waals surface area contributed by atoms with E-state index in [4.69, 9.17) is 5.73 Å². The van der Waals surface area contributed by atoms with Crippen LogP contribution < -0.4 is 5.73 Å². The van der Waals surface area contributed by atoms with Gasteiger partial charge < -0.3 is 5.73 Å². The molecule has 1 heterocycles. The van der Waals surface area contributed by atoms with Crippen LogP contribution >= 0.6 is 11.8 Å². The first-order valence-electron chi connectivity index (χ1n) is 6.32. The Balaban J connectivity index is 1.90. The van der Waals surface area contributed by atoms with Crippen molar-refractivity contribution in [3.63, 3.8) is 0 Å². The zero-order chi connectivity index (χ0) is 10.7. The first kappa shape index (κ1) is 11.7. The SMILES string of the molecule is CN(C1CCCSC1)C1CCCC1CN. The zero-order valence-electron chi connectivity index (χ0n) is 9.82. The topological polar surface area (TPSA) is 29.3 Å². The molecular weight excluding hydrogens is 204 g/mol. The van der Waals surface area contributed by atoms with Crippen molar-refractivity contribution in [2.75, 3.05) is 25.1 Å². The number of hydrogen-bond acceptors (Lipinski definition) is 3. The normalized spacial score (nSPS) is 37.4. The highest BCUT2D eigenvalue weighted by molar-refractivity contribution is 7.99. The monoisotopic (exact) mass is 228 g/mol. The van der Waals surface area contributed by atoms with Crippen LogP contribution in [0.4, 0.5) is 0 Å². The molecule has 0 aromatic heterocycles. The molecule has 0 aromatic carbocycles. The lowest BCUT2D eigenvalue weighted by molar-refractivity contribution is 0.146. The maximum Gasteiger partial charge on any atom is 0.0186 e. The highest BCUT2D eigenvalue weighted by Gasteiger charge is 2.33. The lowest BCUT2D eigenvalue weighted by Gasteiger charge is -2.37. The van der Waals surface area contributed by atoms with Crippen LogP contribution in [0.3, 0.4) is 0 Å². The van der Waals surface area contributed by atoms with Gasteiger partial charge in [0.1, 0.15) is 0 Å². The summed E-state index contributed by atoms with van der Waals surface area (Å²) in [6.07, 6.45) is 6.92. The molecule has 2 nitrogen and oxygen atoms in total. The molecule has 88 valence electrons. The minimum Gasteiger partial charge on any atom is -0.330 e. The van der Waals surface area contributed by atoms with Crippen molar-refractivity contribution >= 4 is 11.8 Å². The van der Waals surface area contributed by atoms with E-state index in [-0.39, 0.29) is 0 Å². The van der Waals surface area contributed by atoms with E-state index in [9.17, 15) is 0 Å². The van der Waals surface area contributed by atoms with Gasteiger partial charge in [-0.15, -0.1) is 0 Å². The fourth-order valence-corrected chi connectivity index (χ4v) is 4.36. The number of nitrogens with two attached hydrogens (primary N) is 1. The fraction of sp³-hybridized carbons (Fsp3) is 1.00. The lowest BCUT2D eigenvalue weighted by atomic mass is 10.00. The van der Waals surface area contributed by atoms with Gasteiger partial charge in [-0.25, -0.2) is 0 Å². The van der Waals surface area contributed by atoms with E-state index in [0.29, 0.717) is 0 Å². The molecule has 0 bridgehead atoms. The predicted molar refractivity (Wildman–Crippen MR) is 68.3 cm³/mol. The summed E-state index contributed by atoms with van der Waals surface area (Å²) < 4.78 is 0. The van der Waals surface area contributed by atoms with Gasteiger partial charge in [0.15, 0.2) is 0 Å². The number of rotatable bonds is 3. The Hall–Kier alpha value is 0.270. The van der Waals surface area contributed by atoms with E-state index in [1.54, 1.807) is 0 Å². The second-order valence-electron chi connectivity index (χ2n) is 5.03. The van der Waals surface area contributed by atoms with Gasteiger partial charge in [0, 0.05) is 17.8 Å². The second kappa shape index (κ2) is 5.55. The van der Waals surface area contributed by atoms with Crippen molar-refractivity contribution in [3.05, 3.63) is 0 Å². The van der Waals surface area contributed by atoms with E-state index >= 15 is 0 Å². The molecular formula is C12H24N2S. The van der Waals surface area contributed by atoms with Crippen LogP contribution in [0.2, 0.25) is 0 Å². The molecule has 2 aliphatic rings. The van der Waals surface area contributed by atoms with E-state index in [2.05, 4.69) is 23.7 Å². The maximum atomic E-state index is 5.86. The summed E-state index contributed by atoms with van der Waals surface area (Å²) in [7, 11) is 2.33. The van der Waals surface area contributed by atoms with Gasteiger partial charge in [-0.05, 0) is 50.9 Å². The Morgan fingerprint density at radius 3 is 2.80 bits per heavy atom. The molecule has 3 heteroatoms. The van der Waals surface area contributed by atoms with Crippen LogP contribution in [-0.4, -0.2) is 42.1 Å². The Morgan fingerprint density at radius 1 is 1.27 bits per heavy atom. The van der Waals surface area contributed by atoms with Crippen molar-refractivity contribution in [3.8, 4) is 0 Å². The predicted octanol–water partition coefficient (Wildman–Crippen LogP) is 1.94. The van der Waals surface area contributed by atoms with E-state index in [0.717, 1.165) is 24.5 Å². The Morgan fingerprint density at radius 2 is 2.13 bits per heavy atom. The van der Waals surface area contributed by atoms with Crippen LogP contribution in [0, 0.1) is 5.92 Å². The van der Waals surface area contributed by atoms with Gasteiger partial charge in [0.25, 0.3) is 0 Å². The minimum absolute atomic E-state index is 0.766. The van der Waals surface area contributed by atoms with Gasteiger partial charge in [-0.3, -0.25) is 4.90 Å². The van der Waals surface area contributed by atoms with Gasteiger partial charge in [-0.2, -0.15) is 11.8 Å². The zero-order valence-corrected chi connectivity index (χ0v) is 10.6. The van der Waals surface area contributed by atoms with E-state index in [1.165, 1.54) is 43.6 Å². The second-order valence-corrected chi connectivity index (χ2v) is 6.18. The minimum atomic E-state index is 0.766. The first-order valence-corrected chi connectivity index (χ1v) is 7.48. The molecule has 1 saturated carbocycles. The molecule has 0 amide bonds. The third kappa shape index (κ3) is 2.69. The van der Waals surface area contributed by atoms with Gasteiger partial charge in [0.05, 0.1) is 0 Å². The molecule has 0 spiro atoms. The average molecular weight is 228 g/mol. The Kier molecular flexibility index (Phi) is 4.35.